The van der Waals surface area contributed by atoms with Crippen molar-refractivity contribution in [2.45, 2.75) is 13.3 Å². The molecule has 0 amide bonds. The third-order valence-electron chi connectivity index (χ3n) is 2.76. The van der Waals surface area contributed by atoms with E-state index in [4.69, 9.17) is 4.74 Å². The minimum absolute atomic E-state index is 0.201. The summed E-state index contributed by atoms with van der Waals surface area (Å²) >= 11 is 0. The number of ether oxygens (including phenoxy) is 2. The van der Waals surface area contributed by atoms with Crippen LogP contribution < -0.4 is 9.64 Å². The summed E-state index contributed by atoms with van der Waals surface area (Å²) in [7, 11) is 1.27. The Morgan fingerprint density at radius 1 is 1.42 bits per heavy atom. The Morgan fingerprint density at radius 3 is 2.84 bits per heavy atom. The van der Waals surface area contributed by atoms with Crippen molar-refractivity contribution in [3.63, 3.8) is 0 Å². The molecule has 0 bridgehead atoms. The number of benzene rings is 1. The number of carbonyl (C=O) groups is 2. The fraction of sp³-hybridized carbons (Fsp3) is 0.286. The molecule has 1 aliphatic rings. The number of carbonyl (C=O) groups excluding carboxylic acids is 2. The first kappa shape index (κ1) is 13.1. The van der Waals surface area contributed by atoms with Crippen molar-refractivity contribution in [2.75, 3.05) is 18.6 Å². The number of methoxy groups -OCH3 is 1. The predicted octanol–water partition coefficient (Wildman–Crippen LogP) is 1.88. The molecule has 5 nitrogen and oxygen atoms in total. The van der Waals surface area contributed by atoms with Crippen molar-refractivity contribution in [1.82, 2.24) is 0 Å². The molecule has 1 aliphatic heterocycles. The second-order valence-corrected chi connectivity index (χ2v) is 4.06. The molecule has 19 heavy (non-hydrogen) atoms. The Bertz CT molecular complexity index is 536. The van der Waals surface area contributed by atoms with E-state index in [1.54, 1.807) is 17.0 Å². The molecule has 0 unspecified atom stereocenters. The number of esters is 2. The number of fused-ring (bicyclic) bond motifs is 1. The molecule has 0 aliphatic carbocycles. The van der Waals surface area contributed by atoms with E-state index >= 15 is 0 Å². The van der Waals surface area contributed by atoms with Gasteiger partial charge in [-0.3, -0.25) is 0 Å². The van der Waals surface area contributed by atoms with E-state index in [2.05, 4.69) is 4.74 Å². The molecule has 1 aromatic carbocycles. The Hall–Kier alpha value is -2.30. The standard InChI is InChI=1S/C14H15NO4/c1-3-8-15-10-6-4-5-7-12(10)19-14(17)11(15)9-13(16)18-2/h4-7,9H,3,8H2,1-2H3/b11-9-. The summed E-state index contributed by atoms with van der Waals surface area (Å²) in [5, 5.41) is 0. The van der Waals surface area contributed by atoms with Crippen LogP contribution in [-0.2, 0) is 14.3 Å². The maximum absolute atomic E-state index is 12.0. The summed E-state index contributed by atoms with van der Waals surface area (Å²) in [6, 6.07) is 7.23. The third-order valence-corrected chi connectivity index (χ3v) is 2.76. The summed E-state index contributed by atoms with van der Waals surface area (Å²) in [4.78, 5) is 25.1. The molecule has 100 valence electrons. The Kier molecular flexibility index (Phi) is 3.85. The lowest BCUT2D eigenvalue weighted by molar-refractivity contribution is -0.136. The van der Waals surface area contributed by atoms with Crippen LogP contribution in [-0.4, -0.2) is 25.6 Å². The monoisotopic (exact) mass is 261 g/mol. The summed E-state index contributed by atoms with van der Waals surface area (Å²) in [6.07, 6.45) is 1.99. The highest BCUT2D eigenvalue weighted by Gasteiger charge is 2.29. The fourth-order valence-electron chi connectivity index (χ4n) is 1.93. The predicted molar refractivity (Wildman–Crippen MR) is 69.8 cm³/mol. The van der Waals surface area contributed by atoms with Gasteiger partial charge in [-0.05, 0) is 18.6 Å². The van der Waals surface area contributed by atoms with Gasteiger partial charge in [0.25, 0.3) is 0 Å². The smallest absolute Gasteiger partial charge is 0.360 e. The van der Waals surface area contributed by atoms with Crippen molar-refractivity contribution < 1.29 is 19.1 Å². The van der Waals surface area contributed by atoms with Gasteiger partial charge in [-0.1, -0.05) is 19.1 Å². The van der Waals surface area contributed by atoms with Crippen LogP contribution in [0.25, 0.3) is 0 Å². The topological polar surface area (TPSA) is 55.8 Å². The average molecular weight is 261 g/mol. The van der Waals surface area contributed by atoms with Crippen LogP contribution in [0.1, 0.15) is 13.3 Å². The maximum atomic E-state index is 12.0. The third kappa shape index (κ3) is 2.59. The SMILES string of the molecule is CCCN1/C(=C\C(=O)OC)C(=O)Oc2ccccc21. The van der Waals surface area contributed by atoms with Gasteiger partial charge in [0, 0.05) is 6.54 Å². The molecule has 0 aromatic heterocycles. The molecule has 0 atom stereocenters. The van der Waals surface area contributed by atoms with Gasteiger partial charge in [-0.15, -0.1) is 0 Å². The molecular weight excluding hydrogens is 246 g/mol. The lowest BCUT2D eigenvalue weighted by atomic mass is 10.2. The molecule has 0 saturated carbocycles. The maximum Gasteiger partial charge on any atom is 0.360 e. The molecule has 0 saturated heterocycles. The van der Waals surface area contributed by atoms with Crippen LogP contribution in [0.3, 0.4) is 0 Å². The van der Waals surface area contributed by atoms with Gasteiger partial charge in [-0.25, -0.2) is 9.59 Å². The van der Waals surface area contributed by atoms with Gasteiger partial charge < -0.3 is 14.4 Å². The zero-order chi connectivity index (χ0) is 13.8. The van der Waals surface area contributed by atoms with Crippen molar-refractivity contribution in [2.24, 2.45) is 0 Å². The minimum atomic E-state index is -0.576. The quantitative estimate of drug-likeness (QED) is 0.472. The summed E-state index contributed by atoms with van der Waals surface area (Å²) in [5.74, 6) is -0.618. The van der Waals surface area contributed by atoms with E-state index in [0.29, 0.717) is 12.3 Å². The summed E-state index contributed by atoms with van der Waals surface area (Å²) in [6.45, 7) is 2.62. The molecule has 2 rings (SSSR count). The van der Waals surface area contributed by atoms with Crippen LogP contribution >= 0.6 is 0 Å². The normalized spacial score (nSPS) is 16.0. The average Bonchev–Trinajstić information content (AvgIpc) is 2.42. The first-order chi connectivity index (χ1) is 9.17. The molecule has 1 aromatic rings. The summed E-state index contributed by atoms with van der Waals surface area (Å²) in [5.41, 5.74) is 0.978. The number of para-hydroxylation sites is 2. The van der Waals surface area contributed by atoms with Crippen LogP contribution in [0, 0.1) is 0 Å². The van der Waals surface area contributed by atoms with Gasteiger partial charge in [0.05, 0.1) is 18.9 Å². The van der Waals surface area contributed by atoms with E-state index in [1.807, 2.05) is 19.1 Å². The van der Waals surface area contributed by atoms with Gasteiger partial charge in [-0.2, -0.15) is 0 Å². The van der Waals surface area contributed by atoms with Gasteiger partial charge in [0.2, 0.25) is 0 Å². The number of anilines is 1. The number of hydrogen-bond donors (Lipinski definition) is 0. The molecular formula is C14H15NO4. The van der Waals surface area contributed by atoms with E-state index in [0.717, 1.165) is 18.2 Å². The van der Waals surface area contributed by atoms with E-state index in [1.165, 1.54) is 7.11 Å². The fourth-order valence-corrected chi connectivity index (χ4v) is 1.93. The molecule has 5 heteroatoms. The number of hydrogen-bond acceptors (Lipinski definition) is 5. The first-order valence-corrected chi connectivity index (χ1v) is 6.05. The number of rotatable bonds is 3. The van der Waals surface area contributed by atoms with Crippen molar-refractivity contribution >= 4 is 17.6 Å². The highest BCUT2D eigenvalue weighted by Crippen LogP contribution is 2.35. The van der Waals surface area contributed by atoms with Crippen LogP contribution in [0.5, 0.6) is 5.75 Å². The summed E-state index contributed by atoms with van der Waals surface area (Å²) < 4.78 is 9.78. The van der Waals surface area contributed by atoms with E-state index < -0.39 is 11.9 Å². The molecule has 0 fully saturated rings. The number of nitrogens with zero attached hydrogens (tertiary/aromatic N) is 1. The molecule has 1 heterocycles. The highest BCUT2D eigenvalue weighted by molar-refractivity contribution is 6.03. The lowest BCUT2D eigenvalue weighted by Gasteiger charge is -2.31. The Labute approximate surface area is 111 Å². The Morgan fingerprint density at radius 2 is 2.16 bits per heavy atom. The first-order valence-electron chi connectivity index (χ1n) is 6.05. The van der Waals surface area contributed by atoms with Gasteiger partial charge >= 0.3 is 11.9 Å². The van der Waals surface area contributed by atoms with Crippen LogP contribution in [0.15, 0.2) is 36.0 Å². The Balaban J connectivity index is 2.47. The zero-order valence-corrected chi connectivity index (χ0v) is 10.9. The van der Waals surface area contributed by atoms with Crippen molar-refractivity contribution in [3.05, 3.63) is 36.0 Å². The second-order valence-electron chi connectivity index (χ2n) is 4.06. The van der Waals surface area contributed by atoms with Crippen LogP contribution in [0.2, 0.25) is 0 Å². The largest absolute Gasteiger partial charge is 0.466 e. The van der Waals surface area contributed by atoms with Gasteiger partial charge in [0.15, 0.2) is 5.75 Å². The van der Waals surface area contributed by atoms with Crippen molar-refractivity contribution in [1.29, 1.82) is 0 Å². The second kappa shape index (κ2) is 5.56. The molecule has 0 N–H and O–H groups in total. The molecule has 0 radical (unpaired) electrons. The zero-order valence-electron chi connectivity index (χ0n) is 10.9. The van der Waals surface area contributed by atoms with E-state index in [9.17, 15) is 9.59 Å². The van der Waals surface area contributed by atoms with E-state index in [-0.39, 0.29) is 5.70 Å². The van der Waals surface area contributed by atoms with Crippen molar-refractivity contribution in [3.8, 4) is 5.75 Å². The minimum Gasteiger partial charge on any atom is -0.466 e. The lowest BCUT2D eigenvalue weighted by Crippen LogP contribution is -2.35. The molecule has 0 spiro atoms. The highest BCUT2D eigenvalue weighted by atomic mass is 16.5. The van der Waals surface area contributed by atoms with Crippen LogP contribution in [0.4, 0.5) is 5.69 Å². The van der Waals surface area contributed by atoms with Gasteiger partial charge in [0.1, 0.15) is 5.70 Å².